The van der Waals surface area contributed by atoms with E-state index in [1.807, 2.05) is 30.6 Å². The SMILES string of the molecule is CCNC(=O)OCc1csc(C2CCN(c3ccc(-c4ccc(F)cc4)cn3)CC2)n1. The highest BCUT2D eigenvalue weighted by atomic mass is 32.1. The van der Waals surface area contributed by atoms with Gasteiger partial charge in [0.25, 0.3) is 0 Å². The topological polar surface area (TPSA) is 67.3 Å². The minimum atomic E-state index is -0.414. The van der Waals surface area contributed by atoms with Gasteiger partial charge in [-0.3, -0.25) is 0 Å². The van der Waals surface area contributed by atoms with E-state index >= 15 is 0 Å². The number of halogens is 1. The largest absolute Gasteiger partial charge is 0.443 e. The number of amides is 1. The Balaban J connectivity index is 1.30. The summed E-state index contributed by atoms with van der Waals surface area (Å²) in [6, 6.07) is 10.5. The predicted molar refractivity (Wildman–Crippen MR) is 120 cm³/mol. The normalized spacial score (nSPS) is 14.5. The Labute approximate surface area is 185 Å². The van der Waals surface area contributed by atoms with E-state index in [0.717, 1.165) is 53.6 Å². The van der Waals surface area contributed by atoms with Crippen molar-refractivity contribution in [3.05, 3.63) is 64.5 Å². The van der Waals surface area contributed by atoms with Gasteiger partial charge in [0.1, 0.15) is 18.2 Å². The van der Waals surface area contributed by atoms with E-state index in [0.29, 0.717) is 12.5 Å². The molecule has 0 unspecified atom stereocenters. The molecule has 3 heterocycles. The lowest BCUT2D eigenvalue weighted by molar-refractivity contribution is 0.139. The van der Waals surface area contributed by atoms with Gasteiger partial charge in [-0.25, -0.2) is 19.2 Å². The van der Waals surface area contributed by atoms with Gasteiger partial charge in [0.15, 0.2) is 0 Å². The summed E-state index contributed by atoms with van der Waals surface area (Å²) in [5, 5.41) is 5.68. The molecule has 1 aliphatic rings. The van der Waals surface area contributed by atoms with Crippen LogP contribution < -0.4 is 10.2 Å². The highest BCUT2D eigenvalue weighted by molar-refractivity contribution is 7.09. The zero-order valence-corrected chi connectivity index (χ0v) is 18.2. The predicted octanol–water partition coefficient (Wildman–Crippen LogP) is 4.97. The van der Waals surface area contributed by atoms with Gasteiger partial charge in [0, 0.05) is 42.7 Å². The minimum Gasteiger partial charge on any atom is -0.443 e. The number of hydrogen-bond acceptors (Lipinski definition) is 6. The van der Waals surface area contributed by atoms with Gasteiger partial charge in [0.2, 0.25) is 0 Å². The number of nitrogens with zero attached hydrogens (tertiary/aromatic N) is 3. The van der Waals surface area contributed by atoms with Crippen LogP contribution in [0.15, 0.2) is 48.0 Å². The van der Waals surface area contributed by atoms with E-state index in [1.54, 1.807) is 23.5 Å². The van der Waals surface area contributed by atoms with Crippen molar-refractivity contribution < 1.29 is 13.9 Å². The molecule has 4 rings (SSSR count). The summed E-state index contributed by atoms with van der Waals surface area (Å²) in [6.07, 6.45) is 3.44. The van der Waals surface area contributed by atoms with Crippen LogP contribution in [0.25, 0.3) is 11.1 Å². The second-order valence-corrected chi connectivity index (χ2v) is 8.35. The zero-order chi connectivity index (χ0) is 21.6. The van der Waals surface area contributed by atoms with Crippen LogP contribution in [0.1, 0.15) is 36.4 Å². The maximum Gasteiger partial charge on any atom is 0.407 e. The molecule has 162 valence electrons. The summed E-state index contributed by atoms with van der Waals surface area (Å²) >= 11 is 1.64. The number of carbonyl (C=O) groups excluding carboxylic acids is 1. The lowest BCUT2D eigenvalue weighted by Gasteiger charge is -2.32. The molecule has 1 N–H and O–H groups in total. The number of alkyl carbamates (subject to hydrolysis) is 1. The van der Waals surface area contributed by atoms with Gasteiger partial charge >= 0.3 is 6.09 Å². The van der Waals surface area contributed by atoms with Crippen molar-refractivity contribution >= 4 is 23.2 Å². The fourth-order valence-corrected chi connectivity index (χ4v) is 4.63. The molecule has 0 aliphatic carbocycles. The monoisotopic (exact) mass is 440 g/mol. The molecule has 1 fully saturated rings. The molecule has 1 amide bonds. The average molecular weight is 441 g/mol. The molecule has 0 saturated carbocycles. The number of nitrogens with one attached hydrogen (secondary N) is 1. The Kier molecular flexibility index (Phi) is 6.76. The number of carbonyl (C=O) groups is 1. The summed E-state index contributed by atoms with van der Waals surface area (Å²) < 4.78 is 18.3. The second kappa shape index (κ2) is 9.87. The van der Waals surface area contributed by atoms with Gasteiger partial charge in [0.05, 0.1) is 10.7 Å². The van der Waals surface area contributed by atoms with E-state index in [2.05, 4.69) is 20.2 Å². The van der Waals surface area contributed by atoms with E-state index in [4.69, 9.17) is 4.74 Å². The van der Waals surface area contributed by atoms with Crippen molar-refractivity contribution in [1.29, 1.82) is 0 Å². The van der Waals surface area contributed by atoms with Crippen LogP contribution in [0.3, 0.4) is 0 Å². The zero-order valence-electron chi connectivity index (χ0n) is 17.4. The number of rotatable bonds is 6. The number of hydrogen-bond donors (Lipinski definition) is 1. The Morgan fingerprint density at radius 2 is 1.94 bits per heavy atom. The molecular formula is C23H25FN4O2S. The number of anilines is 1. The first-order chi connectivity index (χ1) is 15.1. The lowest BCUT2D eigenvalue weighted by Crippen LogP contribution is -2.33. The van der Waals surface area contributed by atoms with Crippen molar-refractivity contribution in [3.63, 3.8) is 0 Å². The van der Waals surface area contributed by atoms with Gasteiger partial charge in [-0.15, -0.1) is 11.3 Å². The molecule has 0 radical (unpaired) electrons. The molecule has 2 aromatic heterocycles. The van der Waals surface area contributed by atoms with Gasteiger partial charge in [-0.05, 0) is 49.6 Å². The summed E-state index contributed by atoms with van der Waals surface area (Å²) in [7, 11) is 0. The smallest absolute Gasteiger partial charge is 0.407 e. The van der Waals surface area contributed by atoms with Gasteiger partial charge < -0.3 is 15.0 Å². The third-order valence-corrected chi connectivity index (χ3v) is 6.39. The summed E-state index contributed by atoms with van der Waals surface area (Å²) in [5.74, 6) is 1.13. The van der Waals surface area contributed by atoms with E-state index in [-0.39, 0.29) is 12.4 Å². The van der Waals surface area contributed by atoms with Crippen LogP contribution in [0.2, 0.25) is 0 Å². The first-order valence-electron chi connectivity index (χ1n) is 10.4. The van der Waals surface area contributed by atoms with E-state index in [1.165, 1.54) is 12.1 Å². The molecule has 31 heavy (non-hydrogen) atoms. The summed E-state index contributed by atoms with van der Waals surface area (Å²) in [5.41, 5.74) is 2.73. The fraction of sp³-hybridized carbons (Fsp3) is 0.348. The first-order valence-corrected chi connectivity index (χ1v) is 11.3. The van der Waals surface area contributed by atoms with Crippen molar-refractivity contribution in [2.75, 3.05) is 24.5 Å². The van der Waals surface area contributed by atoms with Crippen LogP contribution in [-0.2, 0) is 11.3 Å². The van der Waals surface area contributed by atoms with Crippen LogP contribution in [0.4, 0.5) is 15.0 Å². The van der Waals surface area contributed by atoms with Crippen LogP contribution in [-0.4, -0.2) is 35.7 Å². The molecule has 6 nitrogen and oxygen atoms in total. The maximum absolute atomic E-state index is 13.1. The molecule has 8 heteroatoms. The minimum absolute atomic E-state index is 0.200. The van der Waals surface area contributed by atoms with E-state index < -0.39 is 6.09 Å². The Hall–Kier alpha value is -3.00. The molecule has 1 saturated heterocycles. The Bertz CT molecular complexity index is 999. The molecule has 0 spiro atoms. The third kappa shape index (κ3) is 5.38. The molecule has 1 aromatic carbocycles. The fourth-order valence-electron chi connectivity index (χ4n) is 3.65. The Morgan fingerprint density at radius 1 is 1.19 bits per heavy atom. The van der Waals surface area contributed by atoms with Crippen molar-refractivity contribution in [2.24, 2.45) is 0 Å². The van der Waals surface area contributed by atoms with Gasteiger partial charge in [-0.1, -0.05) is 12.1 Å². The van der Waals surface area contributed by atoms with Gasteiger partial charge in [-0.2, -0.15) is 0 Å². The lowest BCUT2D eigenvalue weighted by atomic mass is 9.97. The highest BCUT2D eigenvalue weighted by Crippen LogP contribution is 2.32. The maximum atomic E-state index is 13.1. The van der Waals surface area contributed by atoms with Crippen molar-refractivity contribution in [3.8, 4) is 11.1 Å². The summed E-state index contributed by atoms with van der Waals surface area (Å²) in [6.45, 7) is 4.43. The highest BCUT2D eigenvalue weighted by Gasteiger charge is 2.24. The Morgan fingerprint density at radius 3 is 2.61 bits per heavy atom. The van der Waals surface area contributed by atoms with Crippen LogP contribution in [0, 0.1) is 5.82 Å². The van der Waals surface area contributed by atoms with Crippen LogP contribution >= 0.6 is 11.3 Å². The number of pyridine rings is 1. The standard InChI is InChI=1S/C23H25FN4O2S/c1-2-25-23(29)30-14-20-15-31-22(27-20)17-9-11-28(12-10-17)21-8-5-18(13-26-21)16-3-6-19(24)7-4-16/h3-8,13,15,17H,2,9-12,14H2,1H3,(H,25,29). The van der Waals surface area contributed by atoms with Crippen molar-refractivity contribution in [2.45, 2.75) is 32.3 Å². The van der Waals surface area contributed by atoms with E-state index in [9.17, 15) is 9.18 Å². The third-order valence-electron chi connectivity index (χ3n) is 5.34. The number of benzene rings is 1. The second-order valence-electron chi connectivity index (χ2n) is 7.46. The molecule has 3 aromatic rings. The first kappa shape index (κ1) is 21.2. The van der Waals surface area contributed by atoms with Crippen molar-refractivity contribution in [1.82, 2.24) is 15.3 Å². The molecule has 0 atom stereocenters. The summed E-state index contributed by atoms with van der Waals surface area (Å²) in [4.78, 5) is 23.0. The number of piperidine rings is 1. The molecule has 1 aliphatic heterocycles. The molecular weight excluding hydrogens is 415 g/mol. The molecule has 0 bridgehead atoms. The number of aromatic nitrogens is 2. The quantitative estimate of drug-likeness (QED) is 0.586. The van der Waals surface area contributed by atoms with Crippen LogP contribution in [0.5, 0.6) is 0 Å². The average Bonchev–Trinajstić information content (AvgIpc) is 3.28. The number of ether oxygens (including phenoxy) is 1. The number of thiazole rings is 1.